The molecule has 0 fully saturated rings. The molecule has 4 nitrogen and oxygen atoms in total. The predicted octanol–water partition coefficient (Wildman–Crippen LogP) is 6.85. The van der Waals surface area contributed by atoms with E-state index in [-0.39, 0.29) is 30.7 Å². The molecule has 184 valence electrons. The second-order valence-electron chi connectivity index (χ2n) is 8.62. The molecule has 0 saturated heterocycles. The Morgan fingerprint density at radius 1 is 0.857 bits per heavy atom. The Labute approximate surface area is 218 Å². The van der Waals surface area contributed by atoms with Crippen LogP contribution in [0.15, 0.2) is 78.9 Å². The van der Waals surface area contributed by atoms with Gasteiger partial charge in [0.25, 0.3) is 0 Å². The largest absolute Gasteiger partial charge is 0.354 e. The van der Waals surface area contributed by atoms with Gasteiger partial charge in [0, 0.05) is 41.0 Å². The Bertz CT molecular complexity index is 1050. The first-order valence-electron chi connectivity index (χ1n) is 12.0. The average molecular weight is 511 g/mol. The Balaban J connectivity index is 1.92. The highest BCUT2D eigenvalue weighted by atomic mass is 35.5. The van der Waals surface area contributed by atoms with Gasteiger partial charge in [-0.15, -0.1) is 0 Å². The maximum atomic E-state index is 13.9. The molecule has 0 spiro atoms. The van der Waals surface area contributed by atoms with Crippen molar-refractivity contribution in [1.29, 1.82) is 0 Å². The van der Waals surface area contributed by atoms with Crippen LogP contribution >= 0.6 is 23.2 Å². The molecule has 0 aliphatic carbocycles. The van der Waals surface area contributed by atoms with E-state index < -0.39 is 6.04 Å². The summed E-state index contributed by atoms with van der Waals surface area (Å²) in [7, 11) is 0. The summed E-state index contributed by atoms with van der Waals surface area (Å²) in [6.07, 6.45) is 2.07. The van der Waals surface area contributed by atoms with Crippen molar-refractivity contribution in [3.63, 3.8) is 0 Å². The highest BCUT2D eigenvalue weighted by Gasteiger charge is 2.30. The van der Waals surface area contributed by atoms with Gasteiger partial charge in [-0.3, -0.25) is 9.59 Å². The maximum absolute atomic E-state index is 13.9. The van der Waals surface area contributed by atoms with Gasteiger partial charge in [-0.2, -0.15) is 0 Å². The van der Waals surface area contributed by atoms with Crippen molar-refractivity contribution in [2.24, 2.45) is 0 Å². The molecular formula is C29H32Cl2N2O2. The lowest BCUT2D eigenvalue weighted by atomic mass is 9.88. The van der Waals surface area contributed by atoms with Gasteiger partial charge in [-0.25, -0.2) is 0 Å². The molecule has 0 saturated carbocycles. The summed E-state index contributed by atoms with van der Waals surface area (Å²) in [5.74, 6) is -0.479. The van der Waals surface area contributed by atoms with E-state index >= 15 is 0 Å². The lowest BCUT2D eigenvalue weighted by molar-refractivity contribution is -0.140. The lowest BCUT2D eigenvalue weighted by Crippen LogP contribution is -2.48. The minimum atomic E-state index is -0.682. The van der Waals surface area contributed by atoms with Crippen LogP contribution in [-0.4, -0.2) is 29.3 Å². The zero-order chi connectivity index (χ0) is 25.2. The van der Waals surface area contributed by atoms with Gasteiger partial charge >= 0.3 is 0 Å². The van der Waals surface area contributed by atoms with Crippen LogP contribution in [0, 0.1) is 0 Å². The van der Waals surface area contributed by atoms with Crippen molar-refractivity contribution in [1.82, 2.24) is 10.2 Å². The number of halogens is 2. The second kappa shape index (κ2) is 13.3. The molecule has 0 radical (unpaired) electrons. The number of amides is 2. The van der Waals surface area contributed by atoms with E-state index in [0.29, 0.717) is 22.2 Å². The molecular weight excluding hydrogens is 479 g/mol. The molecule has 3 aromatic carbocycles. The highest BCUT2D eigenvalue weighted by Crippen LogP contribution is 2.31. The Hall–Kier alpha value is -2.82. The molecule has 0 heterocycles. The third-order valence-electron chi connectivity index (χ3n) is 6.17. The summed E-state index contributed by atoms with van der Waals surface area (Å²) in [4.78, 5) is 28.4. The fraction of sp³-hybridized carbons (Fsp3) is 0.310. The highest BCUT2D eigenvalue weighted by molar-refractivity contribution is 6.36. The number of benzene rings is 3. The lowest BCUT2D eigenvalue weighted by Gasteiger charge is -2.31. The van der Waals surface area contributed by atoms with Crippen LogP contribution in [-0.2, 0) is 16.1 Å². The van der Waals surface area contributed by atoms with E-state index in [2.05, 4.69) is 12.2 Å². The van der Waals surface area contributed by atoms with Crippen LogP contribution in [0.4, 0.5) is 0 Å². The summed E-state index contributed by atoms with van der Waals surface area (Å²) >= 11 is 12.9. The van der Waals surface area contributed by atoms with Gasteiger partial charge in [0.05, 0.1) is 0 Å². The quantitative estimate of drug-likeness (QED) is 0.286. The number of carbonyl (C=O) groups is 2. The predicted molar refractivity (Wildman–Crippen MR) is 144 cm³/mol. The molecule has 1 atom stereocenters. The number of rotatable bonds is 11. The van der Waals surface area contributed by atoms with Gasteiger partial charge in [0.15, 0.2) is 0 Å². The minimum absolute atomic E-state index is 0.142. The summed E-state index contributed by atoms with van der Waals surface area (Å²) in [5.41, 5.74) is 2.72. The number of carbonyl (C=O) groups excluding carboxylic acids is 2. The zero-order valence-electron chi connectivity index (χ0n) is 20.2. The van der Waals surface area contributed by atoms with Crippen molar-refractivity contribution in [2.45, 2.75) is 51.6 Å². The first kappa shape index (κ1) is 26.8. The molecule has 1 unspecified atom stereocenters. The molecule has 3 aromatic rings. The average Bonchev–Trinajstić information content (AvgIpc) is 2.87. The van der Waals surface area contributed by atoms with E-state index in [1.54, 1.807) is 30.0 Å². The fourth-order valence-corrected chi connectivity index (χ4v) is 4.58. The van der Waals surface area contributed by atoms with E-state index in [9.17, 15) is 9.59 Å². The Kier molecular flexibility index (Phi) is 10.2. The summed E-state index contributed by atoms with van der Waals surface area (Å²) < 4.78 is 0. The SMILES string of the molecule is CCCCNC(=O)C(C)N(Cc1c(Cl)cccc1Cl)C(=O)CC(c1ccccc1)c1ccccc1. The first-order chi connectivity index (χ1) is 16.9. The van der Waals surface area contributed by atoms with Crippen molar-refractivity contribution in [2.75, 3.05) is 6.54 Å². The molecule has 0 aliphatic heterocycles. The number of unbranched alkanes of at least 4 members (excludes halogenated alkanes) is 1. The summed E-state index contributed by atoms with van der Waals surface area (Å²) in [6.45, 7) is 4.54. The van der Waals surface area contributed by atoms with Crippen molar-refractivity contribution in [3.8, 4) is 0 Å². The zero-order valence-corrected chi connectivity index (χ0v) is 21.7. The Morgan fingerprint density at radius 2 is 1.40 bits per heavy atom. The third kappa shape index (κ3) is 7.33. The van der Waals surface area contributed by atoms with Gasteiger partial charge < -0.3 is 10.2 Å². The van der Waals surface area contributed by atoms with Gasteiger partial charge in [-0.05, 0) is 36.6 Å². The Morgan fingerprint density at radius 3 is 1.91 bits per heavy atom. The molecule has 1 N–H and O–H groups in total. The second-order valence-corrected chi connectivity index (χ2v) is 9.43. The van der Waals surface area contributed by atoms with Crippen LogP contribution in [0.25, 0.3) is 0 Å². The standard InChI is InChI=1S/C29H32Cl2N2O2/c1-3-4-18-32-29(35)21(2)33(20-25-26(30)16-11-17-27(25)31)28(34)19-24(22-12-7-5-8-13-22)23-14-9-6-10-15-23/h5-17,21,24H,3-4,18-20H2,1-2H3,(H,32,35). The van der Waals surface area contributed by atoms with Gasteiger partial charge in [-0.1, -0.05) is 103 Å². The van der Waals surface area contributed by atoms with E-state index in [0.717, 1.165) is 24.0 Å². The van der Waals surface area contributed by atoms with E-state index in [4.69, 9.17) is 23.2 Å². The smallest absolute Gasteiger partial charge is 0.242 e. The minimum Gasteiger partial charge on any atom is -0.354 e. The first-order valence-corrected chi connectivity index (χ1v) is 12.8. The monoisotopic (exact) mass is 510 g/mol. The molecule has 3 rings (SSSR count). The maximum Gasteiger partial charge on any atom is 0.242 e. The van der Waals surface area contributed by atoms with Crippen LogP contribution in [0.2, 0.25) is 10.0 Å². The molecule has 0 aromatic heterocycles. The summed E-state index contributed by atoms with van der Waals surface area (Å²) in [5, 5.41) is 3.89. The molecule has 0 bridgehead atoms. The number of nitrogens with zero attached hydrogens (tertiary/aromatic N) is 1. The van der Waals surface area contributed by atoms with E-state index in [1.165, 1.54) is 0 Å². The molecule has 6 heteroatoms. The fourth-order valence-electron chi connectivity index (χ4n) is 4.06. The molecule has 2 amide bonds. The van der Waals surface area contributed by atoms with Crippen LogP contribution < -0.4 is 5.32 Å². The number of hydrogen-bond donors (Lipinski definition) is 1. The molecule has 0 aliphatic rings. The van der Waals surface area contributed by atoms with Gasteiger partial charge in [0.1, 0.15) is 6.04 Å². The van der Waals surface area contributed by atoms with Crippen LogP contribution in [0.5, 0.6) is 0 Å². The number of hydrogen-bond acceptors (Lipinski definition) is 2. The topological polar surface area (TPSA) is 49.4 Å². The van der Waals surface area contributed by atoms with Crippen molar-refractivity contribution in [3.05, 3.63) is 106 Å². The third-order valence-corrected chi connectivity index (χ3v) is 6.88. The van der Waals surface area contributed by atoms with Crippen LogP contribution in [0.1, 0.15) is 55.7 Å². The molecule has 35 heavy (non-hydrogen) atoms. The van der Waals surface area contributed by atoms with E-state index in [1.807, 2.05) is 60.7 Å². The summed E-state index contributed by atoms with van der Waals surface area (Å²) in [6, 6.07) is 24.5. The van der Waals surface area contributed by atoms with Crippen molar-refractivity contribution >= 4 is 35.0 Å². The normalized spacial score (nSPS) is 11.8. The van der Waals surface area contributed by atoms with Crippen LogP contribution in [0.3, 0.4) is 0 Å². The van der Waals surface area contributed by atoms with Crippen molar-refractivity contribution < 1.29 is 9.59 Å². The van der Waals surface area contributed by atoms with Gasteiger partial charge in [0.2, 0.25) is 11.8 Å². The number of nitrogens with one attached hydrogen (secondary N) is 1.